The monoisotopic (exact) mass is 213 g/mol. The van der Waals surface area contributed by atoms with Gasteiger partial charge in [0.05, 0.1) is 12.5 Å². The minimum absolute atomic E-state index is 0.0694. The van der Waals surface area contributed by atoms with Gasteiger partial charge in [-0.2, -0.15) is 0 Å². The highest BCUT2D eigenvalue weighted by Crippen LogP contribution is 2.29. The van der Waals surface area contributed by atoms with Crippen LogP contribution in [-0.2, 0) is 9.59 Å². The Hall–Kier alpha value is -1.10. The van der Waals surface area contributed by atoms with Crippen LogP contribution < -0.4 is 11.5 Å². The van der Waals surface area contributed by atoms with Crippen molar-refractivity contribution in [3.05, 3.63) is 0 Å². The van der Waals surface area contributed by atoms with Crippen LogP contribution in [0.1, 0.15) is 26.2 Å². The van der Waals surface area contributed by atoms with Gasteiger partial charge < -0.3 is 16.4 Å². The van der Waals surface area contributed by atoms with E-state index in [1.54, 1.807) is 4.90 Å². The second-order valence-corrected chi connectivity index (χ2v) is 4.10. The van der Waals surface area contributed by atoms with Gasteiger partial charge >= 0.3 is 0 Å². The van der Waals surface area contributed by atoms with Gasteiger partial charge in [0.1, 0.15) is 0 Å². The number of likely N-dealkylation sites (N-methyl/N-ethyl adjacent to an activating group) is 1. The zero-order chi connectivity index (χ0) is 11.4. The minimum Gasteiger partial charge on any atom is -0.370 e. The Bertz CT molecular complexity index is 251. The molecule has 0 aromatic heterocycles. The summed E-state index contributed by atoms with van der Waals surface area (Å²) in [7, 11) is 0. The Labute approximate surface area is 89.8 Å². The summed E-state index contributed by atoms with van der Waals surface area (Å²) in [5, 5.41) is 0. The molecule has 1 aliphatic rings. The van der Waals surface area contributed by atoms with E-state index in [1.807, 2.05) is 6.92 Å². The second kappa shape index (κ2) is 5.11. The van der Waals surface area contributed by atoms with Crippen molar-refractivity contribution in [2.45, 2.75) is 32.2 Å². The molecule has 1 aliphatic carbocycles. The molecule has 0 aromatic rings. The van der Waals surface area contributed by atoms with Crippen LogP contribution in [0.25, 0.3) is 0 Å². The van der Waals surface area contributed by atoms with Crippen LogP contribution in [0.4, 0.5) is 0 Å². The Morgan fingerprint density at radius 3 is 2.47 bits per heavy atom. The van der Waals surface area contributed by atoms with Crippen LogP contribution in [-0.4, -0.2) is 35.8 Å². The maximum Gasteiger partial charge on any atom is 0.240 e. The molecule has 0 aliphatic heterocycles. The summed E-state index contributed by atoms with van der Waals surface area (Å²) < 4.78 is 0. The molecule has 0 saturated heterocycles. The molecule has 4 N–H and O–H groups in total. The number of carbonyl (C=O) groups is 2. The van der Waals surface area contributed by atoms with Crippen molar-refractivity contribution in [1.82, 2.24) is 4.90 Å². The minimum atomic E-state index is -0.777. The molecule has 1 atom stereocenters. The number of nitrogens with zero attached hydrogens (tertiary/aromatic N) is 1. The molecule has 2 amide bonds. The number of hydrogen-bond acceptors (Lipinski definition) is 3. The molecule has 0 spiro atoms. The molecule has 15 heavy (non-hydrogen) atoms. The number of hydrogen-bond donors (Lipinski definition) is 2. The Morgan fingerprint density at radius 1 is 1.47 bits per heavy atom. The summed E-state index contributed by atoms with van der Waals surface area (Å²) in [6, 6.07) is -0.777. The van der Waals surface area contributed by atoms with E-state index < -0.39 is 11.9 Å². The van der Waals surface area contributed by atoms with Gasteiger partial charge in [0, 0.05) is 13.1 Å². The van der Waals surface area contributed by atoms with Crippen molar-refractivity contribution in [3.63, 3.8) is 0 Å². The largest absolute Gasteiger partial charge is 0.370 e. The van der Waals surface area contributed by atoms with E-state index in [0.717, 1.165) is 6.54 Å². The van der Waals surface area contributed by atoms with Gasteiger partial charge in [0.2, 0.25) is 11.8 Å². The van der Waals surface area contributed by atoms with Crippen LogP contribution in [0.5, 0.6) is 0 Å². The van der Waals surface area contributed by atoms with Crippen LogP contribution >= 0.6 is 0 Å². The first-order chi connectivity index (χ1) is 7.04. The van der Waals surface area contributed by atoms with Crippen molar-refractivity contribution < 1.29 is 9.59 Å². The third-order valence-corrected chi connectivity index (χ3v) is 2.61. The van der Waals surface area contributed by atoms with E-state index in [9.17, 15) is 9.59 Å². The van der Waals surface area contributed by atoms with E-state index >= 15 is 0 Å². The fourth-order valence-electron chi connectivity index (χ4n) is 1.53. The molecule has 0 radical (unpaired) electrons. The average Bonchev–Trinajstić information content (AvgIpc) is 2.95. The van der Waals surface area contributed by atoms with E-state index in [4.69, 9.17) is 11.5 Å². The lowest BCUT2D eigenvalue weighted by Crippen LogP contribution is -2.46. The first-order valence-corrected chi connectivity index (χ1v) is 5.37. The van der Waals surface area contributed by atoms with Crippen molar-refractivity contribution >= 4 is 11.8 Å². The average molecular weight is 213 g/mol. The van der Waals surface area contributed by atoms with Crippen molar-refractivity contribution in [2.75, 3.05) is 13.1 Å². The van der Waals surface area contributed by atoms with Crippen molar-refractivity contribution in [1.29, 1.82) is 0 Å². The number of carbonyl (C=O) groups excluding carboxylic acids is 2. The molecular formula is C10H19N3O2. The Kier molecular flexibility index (Phi) is 4.08. The topological polar surface area (TPSA) is 89.4 Å². The Balaban J connectivity index is 2.42. The second-order valence-electron chi connectivity index (χ2n) is 4.10. The van der Waals surface area contributed by atoms with Crippen LogP contribution in [0, 0.1) is 5.92 Å². The third kappa shape index (κ3) is 3.87. The van der Waals surface area contributed by atoms with Crippen molar-refractivity contribution in [3.8, 4) is 0 Å². The zero-order valence-corrected chi connectivity index (χ0v) is 9.11. The van der Waals surface area contributed by atoms with Crippen molar-refractivity contribution in [2.24, 2.45) is 17.4 Å². The van der Waals surface area contributed by atoms with E-state index in [-0.39, 0.29) is 12.3 Å². The first-order valence-electron chi connectivity index (χ1n) is 5.37. The maximum atomic E-state index is 11.8. The predicted octanol–water partition coefficient (Wildman–Crippen LogP) is -0.552. The standard InChI is InChI=1S/C10H19N3O2/c1-2-13(6-7-3-4-7)10(15)8(11)5-9(12)14/h7-8H,2-6,11H2,1H3,(H2,12,14). The summed E-state index contributed by atoms with van der Waals surface area (Å²) in [6.45, 7) is 3.32. The summed E-state index contributed by atoms with van der Waals surface area (Å²) in [4.78, 5) is 24.1. The molecule has 1 fully saturated rings. The fraction of sp³-hybridized carbons (Fsp3) is 0.800. The van der Waals surface area contributed by atoms with Crippen LogP contribution in [0.3, 0.4) is 0 Å². The zero-order valence-electron chi connectivity index (χ0n) is 9.11. The summed E-state index contributed by atoms with van der Waals surface area (Å²) in [6.07, 6.45) is 2.31. The molecule has 86 valence electrons. The Morgan fingerprint density at radius 2 is 2.07 bits per heavy atom. The predicted molar refractivity (Wildman–Crippen MR) is 56.8 cm³/mol. The SMILES string of the molecule is CCN(CC1CC1)C(=O)C(N)CC(N)=O. The van der Waals surface area contributed by atoms with Gasteiger partial charge in [-0.15, -0.1) is 0 Å². The quantitative estimate of drug-likeness (QED) is 0.620. The smallest absolute Gasteiger partial charge is 0.240 e. The normalized spacial score (nSPS) is 17.2. The highest BCUT2D eigenvalue weighted by atomic mass is 16.2. The summed E-state index contributed by atoms with van der Waals surface area (Å²) in [5.41, 5.74) is 10.6. The lowest BCUT2D eigenvalue weighted by Gasteiger charge is -2.23. The maximum absolute atomic E-state index is 11.8. The molecule has 0 heterocycles. The van der Waals surface area contributed by atoms with Gasteiger partial charge in [-0.05, 0) is 25.7 Å². The molecule has 1 saturated carbocycles. The first kappa shape index (κ1) is 12.0. The van der Waals surface area contributed by atoms with E-state index in [0.29, 0.717) is 12.5 Å². The molecule has 5 nitrogen and oxygen atoms in total. The summed E-state index contributed by atoms with van der Waals surface area (Å²) >= 11 is 0. The molecule has 0 aromatic carbocycles. The van der Waals surface area contributed by atoms with Crippen LogP contribution in [0.15, 0.2) is 0 Å². The number of amides is 2. The number of primary amides is 1. The molecule has 1 unspecified atom stereocenters. The fourth-order valence-corrected chi connectivity index (χ4v) is 1.53. The van der Waals surface area contributed by atoms with E-state index in [2.05, 4.69) is 0 Å². The van der Waals surface area contributed by atoms with Gasteiger partial charge in [-0.25, -0.2) is 0 Å². The molecule has 5 heteroatoms. The lowest BCUT2D eigenvalue weighted by atomic mass is 10.2. The van der Waals surface area contributed by atoms with Crippen LogP contribution in [0.2, 0.25) is 0 Å². The van der Waals surface area contributed by atoms with Gasteiger partial charge in [0.15, 0.2) is 0 Å². The lowest BCUT2D eigenvalue weighted by molar-refractivity contribution is -0.134. The third-order valence-electron chi connectivity index (χ3n) is 2.61. The van der Waals surface area contributed by atoms with Gasteiger partial charge in [-0.3, -0.25) is 9.59 Å². The summed E-state index contributed by atoms with van der Waals surface area (Å²) in [5.74, 6) is -0.0591. The van der Waals surface area contributed by atoms with E-state index in [1.165, 1.54) is 12.8 Å². The highest BCUT2D eigenvalue weighted by Gasteiger charge is 2.28. The van der Waals surface area contributed by atoms with Gasteiger partial charge in [-0.1, -0.05) is 0 Å². The molecular weight excluding hydrogens is 194 g/mol. The number of nitrogens with two attached hydrogens (primary N) is 2. The number of rotatable bonds is 6. The molecule has 0 bridgehead atoms. The van der Waals surface area contributed by atoms with Gasteiger partial charge in [0.25, 0.3) is 0 Å². The highest BCUT2D eigenvalue weighted by molar-refractivity contribution is 5.87. The molecule has 1 rings (SSSR count).